The molecule has 1 aliphatic rings. The van der Waals surface area contributed by atoms with Crippen LogP contribution in [0, 0.1) is 0 Å². The van der Waals surface area contributed by atoms with Crippen molar-refractivity contribution < 1.29 is 9.59 Å². The van der Waals surface area contributed by atoms with Crippen LogP contribution in [0.2, 0.25) is 0 Å². The number of fused-ring (bicyclic) bond motifs is 1. The Labute approximate surface area is 145 Å². The summed E-state index contributed by atoms with van der Waals surface area (Å²) in [7, 11) is 1.72. The molecule has 0 bridgehead atoms. The first kappa shape index (κ1) is 16.3. The summed E-state index contributed by atoms with van der Waals surface area (Å²) in [5.41, 5.74) is 1.89. The molecule has 1 heterocycles. The first-order chi connectivity index (χ1) is 11.6. The maximum Gasteiger partial charge on any atom is 0.265 e. The predicted octanol–water partition coefficient (Wildman–Crippen LogP) is 3.52. The molecule has 2 aromatic carbocycles. The minimum atomic E-state index is -0.269. The van der Waals surface area contributed by atoms with Crippen molar-refractivity contribution in [3.8, 4) is 0 Å². The molecule has 24 heavy (non-hydrogen) atoms. The van der Waals surface area contributed by atoms with Crippen molar-refractivity contribution in [2.45, 2.75) is 17.9 Å². The van der Waals surface area contributed by atoms with E-state index in [4.69, 9.17) is 0 Å². The van der Waals surface area contributed by atoms with Crippen LogP contribution in [-0.2, 0) is 9.59 Å². The third-order valence-electron chi connectivity index (χ3n) is 3.88. The standard InChI is InChI=1S/C19H18N2O2S/c1-13(14-8-4-3-5-9-14)20-18(22)12-17-19(23)21(2)15-10-6-7-11-16(15)24-17/h3-13H,1-2H3,(H,20,22)/b17-12+. The molecule has 122 valence electrons. The molecule has 1 unspecified atom stereocenters. The van der Waals surface area contributed by atoms with Gasteiger partial charge in [-0.1, -0.05) is 54.2 Å². The third kappa shape index (κ3) is 3.36. The van der Waals surface area contributed by atoms with Crippen LogP contribution in [-0.4, -0.2) is 18.9 Å². The number of para-hydroxylation sites is 1. The Morgan fingerprint density at radius 1 is 1.12 bits per heavy atom. The van der Waals surface area contributed by atoms with E-state index >= 15 is 0 Å². The minimum absolute atomic E-state index is 0.121. The second kappa shape index (κ2) is 6.93. The lowest BCUT2D eigenvalue weighted by atomic mass is 10.1. The molecule has 1 N–H and O–H groups in total. The van der Waals surface area contributed by atoms with Gasteiger partial charge in [-0.15, -0.1) is 0 Å². The van der Waals surface area contributed by atoms with Gasteiger partial charge in [0.15, 0.2) is 0 Å². The molecular formula is C19H18N2O2S. The van der Waals surface area contributed by atoms with E-state index in [1.165, 1.54) is 17.8 Å². The number of benzene rings is 2. The van der Waals surface area contributed by atoms with Gasteiger partial charge >= 0.3 is 0 Å². The van der Waals surface area contributed by atoms with Crippen molar-refractivity contribution in [2.75, 3.05) is 11.9 Å². The highest BCUT2D eigenvalue weighted by molar-refractivity contribution is 8.04. The molecule has 1 aliphatic heterocycles. The number of nitrogens with zero attached hydrogens (tertiary/aromatic N) is 1. The fourth-order valence-electron chi connectivity index (χ4n) is 2.55. The Kier molecular flexibility index (Phi) is 4.71. The van der Waals surface area contributed by atoms with Crippen molar-refractivity contribution in [3.05, 3.63) is 71.1 Å². The predicted molar refractivity (Wildman–Crippen MR) is 96.8 cm³/mol. The van der Waals surface area contributed by atoms with E-state index in [2.05, 4.69) is 5.32 Å². The normalized spacial score (nSPS) is 16.7. The Balaban J connectivity index is 1.76. The molecule has 0 saturated heterocycles. The zero-order valence-corrected chi connectivity index (χ0v) is 14.3. The molecule has 0 aromatic heterocycles. The zero-order valence-electron chi connectivity index (χ0n) is 13.5. The highest BCUT2D eigenvalue weighted by atomic mass is 32.2. The number of amides is 2. The van der Waals surface area contributed by atoms with Crippen LogP contribution in [0.5, 0.6) is 0 Å². The molecule has 2 amide bonds. The Morgan fingerprint density at radius 3 is 2.54 bits per heavy atom. The zero-order chi connectivity index (χ0) is 17.1. The van der Waals surface area contributed by atoms with Gasteiger partial charge in [0.25, 0.3) is 5.91 Å². The van der Waals surface area contributed by atoms with Crippen molar-refractivity contribution in [3.63, 3.8) is 0 Å². The number of anilines is 1. The molecule has 0 aliphatic carbocycles. The number of likely N-dealkylation sites (N-methyl/N-ethyl adjacent to an activating group) is 1. The van der Waals surface area contributed by atoms with Crippen LogP contribution in [0.25, 0.3) is 0 Å². The van der Waals surface area contributed by atoms with Crippen LogP contribution in [0.4, 0.5) is 5.69 Å². The van der Waals surface area contributed by atoms with Crippen LogP contribution < -0.4 is 10.2 Å². The molecule has 0 saturated carbocycles. The molecule has 4 nitrogen and oxygen atoms in total. The monoisotopic (exact) mass is 338 g/mol. The fourth-order valence-corrected chi connectivity index (χ4v) is 3.63. The van der Waals surface area contributed by atoms with Crippen molar-refractivity contribution in [2.24, 2.45) is 0 Å². The largest absolute Gasteiger partial charge is 0.346 e. The maximum atomic E-state index is 12.4. The molecule has 1 atom stereocenters. The molecule has 5 heteroatoms. The number of rotatable bonds is 3. The summed E-state index contributed by atoms with van der Waals surface area (Å²) in [6, 6.07) is 17.3. The second-order valence-electron chi connectivity index (χ2n) is 5.58. The fraction of sp³-hybridized carbons (Fsp3) is 0.158. The molecule has 0 spiro atoms. The summed E-state index contributed by atoms with van der Waals surface area (Å²) in [4.78, 5) is 27.7. The van der Waals surface area contributed by atoms with Gasteiger partial charge in [0.05, 0.1) is 16.6 Å². The summed E-state index contributed by atoms with van der Waals surface area (Å²) in [6.07, 6.45) is 1.39. The summed E-state index contributed by atoms with van der Waals surface area (Å²) in [5.74, 6) is -0.434. The number of carbonyl (C=O) groups excluding carboxylic acids is 2. The van der Waals surface area contributed by atoms with E-state index in [1.54, 1.807) is 11.9 Å². The van der Waals surface area contributed by atoms with Crippen molar-refractivity contribution >= 4 is 29.3 Å². The van der Waals surface area contributed by atoms with Gasteiger partial charge < -0.3 is 10.2 Å². The van der Waals surface area contributed by atoms with Crippen molar-refractivity contribution in [1.29, 1.82) is 0 Å². The molecule has 2 aromatic rings. The van der Waals surface area contributed by atoms with Gasteiger partial charge in [-0.25, -0.2) is 0 Å². The summed E-state index contributed by atoms with van der Waals surface area (Å²) in [6.45, 7) is 1.92. The van der Waals surface area contributed by atoms with Crippen LogP contribution >= 0.6 is 11.8 Å². The topological polar surface area (TPSA) is 49.4 Å². The van der Waals surface area contributed by atoms with Gasteiger partial charge in [-0.05, 0) is 24.6 Å². The Morgan fingerprint density at radius 2 is 1.79 bits per heavy atom. The first-order valence-electron chi connectivity index (χ1n) is 7.68. The van der Waals surface area contributed by atoms with E-state index in [-0.39, 0.29) is 17.9 Å². The summed E-state index contributed by atoms with van der Waals surface area (Å²) < 4.78 is 0. The summed E-state index contributed by atoms with van der Waals surface area (Å²) in [5, 5.41) is 2.90. The number of carbonyl (C=O) groups is 2. The SMILES string of the molecule is CC(NC(=O)/C=C1/Sc2ccccc2N(C)C1=O)c1ccccc1. The van der Waals surface area contributed by atoms with Crippen LogP contribution in [0.3, 0.4) is 0 Å². The molecule has 3 rings (SSSR count). The molecule has 0 radical (unpaired) electrons. The third-order valence-corrected chi connectivity index (χ3v) is 4.96. The van der Waals surface area contributed by atoms with Crippen LogP contribution in [0.1, 0.15) is 18.5 Å². The van der Waals surface area contributed by atoms with Crippen molar-refractivity contribution in [1.82, 2.24) is 5.32 Å². The lowest BCUT2D eigenvalue weighted by molar-refractivity contribution is -0.118. The highest BCUT2D eigenvalue weighted by Gasteiger charge is 2.26. The van der Waals surface area contributed by atoms with E-state index in [0.717, 1.165) is 16.1 Å². The number of hydrogen-bond donors (Lipinski definition) is 1. The average molecular weight is 338 g/mol. The molecular weight excluding hydrogens is 320 g/mol. The second-order valence-corrected chi connectivity index (χ2v) is 6.67. The van der Waals surface area contributed by atoms with E-state index < -0.39 is 0 Å². The number of thioether (sulfide) groups is 1. The number of hydrogen-bond acceptors (Lipinski definition) is 3. The average Bonchev–Trinajstić information content (AvgIpc) is 2.60. The number of nitrogens with one attached hydrogen (secondary N) is 1. The minimum Gasteiger partial charge on any atom is -0.346 e. The smallest absolute Gasteiger partial charge is 0.265 e. The van der Waals surface area contributed by atoms with E-state index in [1.807, 2.05) is 61.5 Å². The lowest BCUT2D eigenvalue weighted by Crippen LogP contribution is -2.32. The molecule has 0 fully saturated rings. The van der Waals surface area contributed by atoms with E-state index in [0.29, 0.717) is 4.91 Å². The van der Waals surface area contributed by atoms with Gasteiger partial charge in [0.2, 0.25) is 5.91 Å². The van der Waals surface area contributed by atoms with Gasteiger partial charge in [0.1, 0.15) is 0 Å². The van der Waals surface area contributed by atoms with Gasteiger partial charge in [0, 0.05) is 18.0 Å². The Hall–Kier alpha value is -2.53. The highest BCUT2D eigenvalue weighted by Crippen LogP contribution is 2.40. The van der Waals surface area contributed by atoms with Gasteiger partial charge in [-0.2, -0.15) is 0 Å². The maximum absolute atomic E-state index is 12.4. The first-order valence-corrected chi connectivity index (χ1v) is 8.50. The Bertz CT molecular complexity index is 802. The van der Waals surface area contributed by atoms with E-state index in [9.17, 15) is 9.59 Å². The van der Waals surface area contributed by atoms with Gasteiger partial charge in [-0.3, -0.25) is 9.59 Å². The lowest BCUT2D eigenvalue weighted by Gasteiger charge is -2.26. The van der Waals surface area contributed by atoms with Crippen LogP contribution in [0.15, 0.2) is 70.5 Å². The quantitative estimate of drug-likeness (QED) is 0.871. The summed E-state index contributed by atoms with van der Waals surface area (Å²) >= 11 is 1.33.